The molecule has 198 valence electrons. The number of ether oxygens (including phenoxy) is 1. The molecular formula is C26H20N4O7S2. The van der Waals surface area contributed by atoms with Gasteiger partial charge in [0.25, 0.3) is 21.6 Å². The fraction of sp³-hybridized carbons (Fsp3) is 0.115. The van der Waals surface area contributed by atoms with E-state index in [1.165, 1.54) is 46.8 Å². The summed E-state index contributed by atoms with van der Waals surface area (Å²) in [6, 6.07) is 18.7. The average Bonchev–Trinajstić information content (AvgIpc) is 3.59. The van der Waals surface area contributed by atoms with Gasteiger partial charge in [-0.3, -0.25) is 24.5 Å². The molecule has 0 spiro atoms. The summed E-state index contributed by atoms with van der Waals surface area (Å²) in [4.78, 5) is 39.6. The van der Waals surface area contributed by atoms with Crippen LogP contribution in [0.3, 0.4) is 0 Å². The van der Waals surface area contributed by atoms with E-state index < -0.39 is 33.4 Å². The number of amides is 1. The quantitative estimate of drug-likeness (QED) is 0.190. The fourth-order valence-corrected chi connectivity index (χ4v) is 6.37. The van der Waals surface area contributed by atoms with Gasteiger partial charge in [0, 0.05) is 29.6 Å². The first-order valence-corrected chi connectivity index (χ1v) is 13.9. The average molecular weight is 565 g/mol. The van der Waals surface area contributed by atoms with Crippen molar-refractivity contribution in [3.8, 4) is 11.3 Å². The van der Waals surface area contributed by atoms with E-state index in [2.05, 4.69) is 10.3 Å². The molecule has 11 nitrogen and oxygen atoms in total. The number of nitrogens with one attached hydrogen (secondary N) is 1. The van der Waals surface area contributed by atoms with Crippen LogP contribution in [0.5, 0.6) is 0 Å². The van der Waals surface area contributed by atoms with E-state index in [0.717, 1.165) is 16.9 Å². The summed E-state index contributed by atoms with van der Waals surface area (Å²) in [6.45, 7) is -0.322. The lowest BCUT2D eigenvalue weighted by atomic mass is 10.1. The molecule has 1 N–H and O–H groups in total. The number of anilines is 2. The Morgan fingerprint density at radius 2 is 1.87 bits per heavy atom. The number of rotatable bonds is 8. The van der Waals surface area contributed by atoms with Crippen LogP contribution in [-0.2, 0) is 26.0 Å². The van der Waals surface area contributed by atoms with Crippen LogP contribution in [-0.4, -0.2) is 43.4 Å². The summed E-state index contributed by atoms with van der Waals surface area (Å²) in [5.74, 6) is -1.51. The summed E-state index contributed by atoms with van der Waals surface area (Å²) in [5, 5.41) is 15.4. The second kappa shape index (κ2) is 10.6. The standard InChI is InChI=1S/C26H20N4O7S2/c31-24(28-26-27-22(16-38-26)18-6-3-8-20(13-18)30(33)34)15-37-25(32)19-7-4-9-21(14-19)39(35,36)29-12-11-17-5-1-2-10-23(17)29/h1-10,13-14,16H,11-12,15H2,(H,27,28,31). The predicted octanol–water partition coefficient (Wildman–Crippen LogP) is 4.27. The molecule has 1 amide bonds. The van der Waals surface area contributed by atoms with E-state index in [0.29, 0.717) is 29.9 Å². The Labute approximate surface area is 226 Å². The number of nitro benzene ring substituents is 1. The van der Waals surface area contributed by atoms with Gasteiger partial charge in [-0.25, -0.2) is 18.2 Å². The number of non-ortho nitro benzene ring substituents is 1. The Morgan fingerprint density at radius 1 is 1.08 bits per heavy atom. The zero-order chi connectivity index (χ0) is 27.6. The van der Waals surface area contributed by atoms with Gasteiger partial charge in [0.2, 0.25) is 0 Å². The SMILES string of the molecule is O=C(COC(=O)c1cccc(S(=O)(=O)N2CCc3ccccc32)c1)Nc1nc(-c2cccc([N+](=O)[O-])c2)cs1. The van der Waals surface area contributed by atoms with E-state index in [9.17, 15) is 28.1 Å². The largest absolute Gasteiger partial charge is 0.452 e. The Kier molecular flexibility index (Phi) is 7.09. The van der Waals surface area contributed by atoms with Crippen LogP contribution in [0.2, 0.25) is 0 Å². The van der Waals surface area contributed by atoms with Gasteiger partial charge in [-0.1, -0.05) is 36.4 Å². The molecule has 0 radical (unpaired) electrons. The van der Waals surface area contributed by atoms with Crippen molar-refractivity contribution in [2.75, 3.05) is 22.8 Å². The monoisotopic (exact) mass is 564 g/mol. The summed E-state index contributed by atoms with van der Waals surface area (Å²) in [5.41, 5.74) is 2.39. The van der Waals surface area contributed by atoms with E-state index >= 15 is 0 Å². The molecule has 0 aliphatic carbocycles. The molecule has 0 saturated heterocycles. The molecule has 4 aromatic rings. The van der Waals surface area contributed by atoms with Crippen molar-refractivity contribution in [1.82, 2.24) is 4.98 Å². The summed E-state index contributed by atoms with van der Waals surface area (Å²) in [7, 11) is -3.91. The number of benzene rings is 3. The molecule has 0 fully saturated rings. The van der Waals surface area contributed by atoms with Crippen molar-refractivity contribution in [3.05, 3.63) is 99.4 Å². The van der Waals surface area contributed by atoms with Crippen molar-refractivity contribution in [3.63, 3.8) is 0 Å². The normalized spacial score (nSPS) is 12.6. The van der Waals surface area contributed by atoms with Crippen molar-refractivity contribution >= 4 is 49.7 Å². The first-order chi connectivity index (χ1) is 18.7. The maximum Gasteiger partial charge on any atom is 0.338 e. The molecule has 0 bridgehead atoms. The molecular weight excluding hydrogens is 544 g/mol. The number of fused-ring (bicyclic) bond motifs is 1. The van der Waals surface area contributed by atoms with Crippen LogP contribution in [0.25, 0.3) is 11.3 Å². The third kappa shape index (κ3) is 5.49. The maximum atomic E-state index is 13.3. The number of sulfonamides is 1. The molecule has 39 heavy (non-hydrogen) atoms. The lowest BCUT2D eigenvalue weighted by Gasteiger charge is -2.19. The Morgan fingerprint density at radius 3 is 2.69 bits per heavy atom. The van der Waals surface area contributed by atoms with Crippen LogP contribution < -0.4 is 9.62 Å². The smallest absolute Gasteiger partial charge is 0.338 e. The molecule has 0 atom stereocenters. The number of hydrogen-bond donors (Lipinski definition) is 1. The highest BCUT2D eigenvalue weighted by atomic mass is 32.2. The number of carbonyl (C=O) groups excluding carboxylic acids is 2. The van der Waals surface area contributed by atoms with Crippen LogP contribution in [0, 0.1) is 10.1 Å². The molecule has 1 aliphatic rings. The van der Waals surface area contributed by atoms with Crippen molar-refractivity contribution in [2.24, 2.45) is 0 Å². The minimum absolute atomic E-state index is 0.0152. The third-order valence-corrected chi connectivity index (χ3v) is 8.51. The molecule has 0 unspecified atom stereocenters. The lowest BCUT2D eigenvalue weighted by molar-refractivity contribution is -0.384. The number of carbonyl (C=O) groups is 2. The predicted molar refractivity (Wildman–Crippen MR) is 144 cm³/mol. The number of esters is 1. The summed E-state index contributed by atoms with van der Waals surface area (Å²) < 4.78 is 32.9. The molecule has 1 aromatic heterocycles. The van der Waals surface area contributed by atoms with Gasteiger partial charge in [0.05, 0.1) is 26.8 Å². The van der Waals surface area contributed by atoms with E-state index in [-0.39, 0.29) is 21.3 Å². The number of hydrogen-bond acceptors (Lipinski definition) is 9. The summed E-state index contributed by atoms with van der Waals surface area (Å²) in [6.07, 6.45) is 0.595. The van der Waals surface area contributed by atoms with Crippen LogP contribution in [0.1, 0.15) is 15.9 Å². The number of thiazole rings is 1. The Hall–Kier alpha value is -4.62. The van der Waals surface area contributed by atoms with Crippen molar-refractivity contribution < 1.29 is 27.7 Å². The lowest BCUT2D eigenvalue weighted by Crippen LogP contribution is -2.29. The van der Waals surface area contributed by atoms with Crippen LogP contribution in [0.15, 0.2) is 83.1 Å². The molecule has 13 heteroatoms. The van der Waals surface area contributed by atoms with E-state index in [1.54, 1.807) is 23.6 Å². The van der Waals surface area contributed by atoms with Crippen LogP contribution >= 0.6 is 11.3 Å². The molecule has 3 aromatic carbocycles. The minimum atomic E-state index is -3.91. The first kappa shape index (κ1) is 26.0. The van der Waals surface area contributed by atoms with Gasteiger partial charge in [0.15, 0.2) is 11.7 Å². The van der Waals surface area contributed by atoms with Gasteiger partial charge < -0.3 is 4.74 Å². The van der Waals surface area contributed by atoms with Crippen molar-refractivity contribution in [1.29, 1.82) is 0 Å². The maximum absolute atomic E-state index is 13.3. The van der Waals surface area contributed by atoms with Gasteiger partial charge >= 0.3 is 5.97 Å². The summed E-state index contributed by atoms with van der Waals surface area (Å²) >= 11 is 1.10. The Balaban J connectivity index is 1.21. The second-order valence-corrected chi connectivity index (χ2v) is 11.2. The minimum Gasteiger partial charge on any atom is -0.452 e. The zero-order valence-corrected chi connectivity index (χ0v) is 21.8. The fourth-order valence-electron chi connectivity index (χ4n) is 4.08. The van der Waals surface area contributed by atoms with Gasteiger partial charge in [-0.15, -0.1) is 11.3 Å². The first-order valence-electron chi connectivity index (χ1n) is 11.6. The molecule has 1 aliphatic heterocycles. The van der Waals surface area contributed by atoms with Gasteiger partial charge in [-0.2, -0.15) is 0 Å². The van der Waals surface area contributed by atoms with Crippen molar-refractivity contribution in [2.45, 2.75) is 11.3 Å². The molecule has 2 heterocycles. The number of para-hydroxylation sites is 1. The molecule has 5 rings (SSSR count). The number of nitrogens with zero attached hydrogens (tertiary/aromatic N) is 3. The second-order valence-electron chi connectivity index (χ2n) is 8.45. The number of nitro groups is 1. The zero-order valence-electron chi connectivity index (χ0n) is 20.1. The topological polar surface area (TPSA) is 149 Å². The highest BCUT2D eigenvalue weighted by Crippen LogP contribution is 2.33. The highest BCUT2D eigenvalue weighted by Gasteiger charge is 2.31. The third-order valence-electron chi connectivity index (χ3n) is 5.94. The van der Waals surface area contributed by atoms with Gasteiger partial charge in [0.1, 0.15) is 0 Å². The highest BCUT2D eigenvalue weighted by molar-refractivity contribution is 7.92. The van der Waals surface area contributed by atoms with E-state index in [4.69, 9.17) is 4.74 Å². The van der Waals surface area contributed by atoms with Gasteiger partial charge in [-0.05, 0) is 36.2 Å². The molecule has 0 saturated carbocycles. The number of aromatic nitrogens is 1. The Bertz CT molecular complexity index is 1700. The van der Waals surface area contributed by atoms with Crippen LogP contribution in [0.4, 0.5) is 16.5 Å². The van der Waals surface area contributed by atoms with E-state index in [1.807, 2.05) is 12.1 Å².